The van der Waals surface area contributed by atoms with E-state index in [2.05, 4.69) is 16.6 Å². The Morgan fingerprint density at radius 2 is 2.09 bits per heavy atom. The summed E-state index contributed by atoms with van der Waals surface area (Å²) in [5.74, 6) is -0.946. The molecular weight excluding hydrogens is 320 g/mol. The molecule has 0 radical (unpaired) electrons. The molecule has 0 bridgehead atoms. The summed E-state index contributed by atoms with van der Waals surface area (Å²) in [6, 6.07) is -0.472. The van der Waals surface area contributed by atoms with Crippen molar-refractivity contribution in [1.82, 2.24) is 10.0 Å². The van der Waals surface area contributed by atoms with Crippen molar-refractivity contribution >= 4 is 21.7 Å². The van der Waals surface area contributed by atoms with Crippen molar-refractivity contribution in [3.8, 4) is 0 Å². The summed E-state index contributed by atoms with van der Waals surface area (Å²) in [4.78, 5) is 24.9. The topological polar surface area (TPSA) is 113 Å². The first-order chi connectivity index (χ1) is 10.8. The summed E-state index contributed by atoms with van der Waals surface area (Å²) in [5, 5.41) is 12.0. The molecule has 0 spiro atoms. The van der Waals surface area contributed by atoms with Gasteiger partial charge in [0.1, 0.15) is 0 Å². The fourth-order valence-electron chi connectivity index (χ4n) is 3.28. The van der Waals surface area contributed by atoms with E-state index >= 15 is 0 Å². The number of sulfonamides is 1. The fraction of sp³-hybridized carbons (Fsp3) is 0.733. The Balaban J connectivity index is 1.68. The highest BCUT2D eigenvalue weighted by Crippen LogP contribution is 2.56. The zero-order valence-corrected chi connectivity index (χ0v) is 13.6. The monoisotopic (exact) mass is 342 g/mol. The zero-order valence-electron chi connectivity index (χ0n) is 12.8. The maximum Gasteiger partial charge on any atom is 0.240 e. The smallest absolute Gasteiger partial charge is 0.240 e. The van der Waals surface area contributed by atoms with Crippen molar-refractivity contribution < 1.29 is 23.1 Å². The summed E-state index contributed by atoms with van der Waals surface area (Å²) in [7, 11) is -3.63. The number of hydrogen-bond donors (Lipinski definition) is 3. The van der Waals surface area contributed by atoms with Crippen LogP contribution in [-0.4, -0.2) is 49.2 Å². The molecule has 2 saturated carbocycles. The number of carbonyl (C=O) groups is 2. The lowest BCUT2D eigenvalue weighted by Gasteiger charge is -2.18. The van der Waals surface area contributed by atoms with Gasteiger partial charge in [0.2, 0.25) is 15.9 Å². The highest BCUT2D eigenvalue weighted by molar-refractivity contribution is 7.90. The molecule has 23 heavy (non-hydrogen) atoms. The predicted molar refractivity (Wildman–Crippen MR) is 82.9 cm³/mol. The van der Waals surface area contributed by atoms with Gasteiger partial charge in [0, 0.05) is 13.0 Å². The summed E-state index contributed by atoms with van der Waals surface area (Å²) in [6.07, 6.45) is 2.93. The maximum absolute atomic E-state index is 12.5. The van der Waals surface area contributed by atoms with Gasteiger partial charge in [0.15, 0.2) is 5.78 Å². The molecule has 1 saturated heterocycles. The number of aliphatic hydroxyl groups excluding tert-OH is 1. The van der Waals surface area contributed by atoms with Crippen molar-refractivity contribution in [2.24, 2.45) is 11.3 Å². The van der Waals surface area contributed by atoms with E-state index in [0.29, 0.717) is 32.2 Å². The van der Waals surface area contributed by atoms with Crippen LogP contribution in [0.4, 0.5) is 0 Å². The number of β-amino-alcohol motifs (C(OH)–C–C–N with tert-alkyl or cyclic N) is 1. The molecule has 2 aliphatic carbocycles. The maximum atomic E-state index is 12.5. The molecule has 3 fully saturated rings. The second-order valence-electron chi connectivity index (χ2n) is 6.87. The lowest BCUT2D eigenvalue weighted by atomic mass is 9.92. The largest absolute Gasteiger partial charge is 0.392 e. The van der Waals surface area contributed by atoms with E-state index in [1.54, 1.807) is 6.08 Å². The third kappa shape index (κ3) is 3.20. The quantitative estimate of drug-likeness (QED) is 0.536. The number of amides is 1. The molecule has 0 aromatic carbocycles. The summed E-state index contributed by atoms with van der Waals surface area (Å²) < 4.78 is 26.1. The Hall–Kier alpha value is -1.25. The Kier molecular flexibility index (Phi) is 4.10. The molecule has 1 aliphatic heterocycles. The number of nitrogens with one attached hydrogen (secondary N) is 2. The Morgan fingerprint density at radius 3 is 2.57 bits per heavy atom. The van der Waals surface area contributed by atoms with E-state index in [0.717, 1.165) is 0 Å². The van der Waals surface area contributed by atoms with Crippen molar-refractivity contribution in [1.29, 1.82) is 0 Å². The summed E-state index contributed by atoms with van der Waals surface area (Å²) in [6.45, 7) is 4.02. The molecule has 128 valence electrons. The van der Waals surface area contributed by atoms with Gasteiger partial charge in [0.25, 0.3) is 0 Å². The minimum atomic E-state index is -3.63. The molecule has 3 aliphatic rings. The van der Waals surface area contributed by atoms with Gasteiger partial charge >= 0.3 is 0 Å². The number of carbonyl (C=O) groups excluding carboxylic acids is 2. The third-order valence-corrected chi connectivity index (χ3v) is 6.87. The van der Waals surface area contributed by atoms with Crippen LogP contribution in [0.15, 0.2) is 12.7 Å². The second kappa shape index (κ2) is 5.68. The highest BCUT2D eigenvalue weighted by atomic mass is 32.2. The van der Waals surface area contributed by atoms with Gasteiger partial charge < -0.3 is 10.4 Å². The van der Waals surface area contributed by atoms with E-state index in [-0.39, 0.29) is 18.1 Å². The zero-order chi connectivity index (χ0) is 16.8. The number of Topliss-reactive ketones (excluding diaryl/α,β-unsaturated/α-hetero) is 1. The molecule has 4 atom stereocenters. The van der Waals surface area contributed by atoms with Crippen LogP contribution in [0.3, 0.4) is 0 Å². The van der Waals surface area contributed by atoms with Crippen molar-refractivity contribution in [2.45, 2.75) is 49.5 Å². The van der Waals surface area contributed by atoms with Crippen molar-refractivity contribution in [3.63, 3.8) is 0 Å². The molecule has 3 N–H and O–H groups in total. The number of aliphatic hydroxyl groups is 1. The van der Waals surface area contributed by atoms with Gasteiger partial charge in [-0.15, -0.1) is 6.58 Å². The van der Waals surface area contributed by atoms with Crippen LogP contribution in [0.2, 0.25) is 0 Å². The van der Waals surface area contributed by atoms with Gasteiger partial charge in [-0.25, -0.2) is 8.42 Å². The average molecular weight is 342 g/mol. The van der Waals surface area contributed by atoms with Crippen molar-refractivity contribution in [2.75, 3.05) is 6.54 Å². The summed E-state index contributed by atoms with van der Waals surface area (Å²) in [5.41, 5.74) is -1.00. The fourth-order valence-corrected chi connectivity index (χ4v) is 4.66. The van der Waals surface area contributed by atoms with Crippen LogP contribution in [-0.2, 0) is 19.6 Å². The van der Waals surface area contributed by atoms with Crippen LogP contribution < -0.4 is 10.0 Å². The van der Waals surface area contributed by atoms with Crippen LogP contribution in [0.25, 0.3) is 0 Å². The number of ketones is 1. The van der Waals surface area contributed by atoms with Crippen LogP contribution in [0.1, 0.15) is 32.1 Å². The average Bonchev–Trinajstić information content (AvgIpc) is 3.37. The predicted octanol–water partition coefficient (Wildman–Crippen LogP) is -0.531. The van der Waals surface area contributed by atoms with Gasteiger partial charge in [-0.05, 0) is 31.6 Å². The molecule has 1 amide bonds. The van der Waals surface area contributed by atoms with E-state index < -0.39 is 38.7 Å². The first-order valence-corrected chi connectivity index (χ1v) is 9.46. The van der Waals surface area contributed by atoms with Gasteiger partial charge in [-0.1, -0.05) is 6.08 Å². The Bertz CT molecular complexity index is 642. The lowest BCUT2D eigenvalue weighted by molar-refractivity contribution is -0.130. The minimum absolute atomic E-state index is 0.0277. The van der Waals surface area contributed by atoms with Gasteiger partial charge in [-0.2, -0.15) is 0 Å². The SMILES string of the molecule is C=CC1C[C@]1(CC(=O)[C@@H]1C[C@@H](O)CN1)C(=O)NS(=O)(=O)C1CC1. The van der Waals surface area contributed by atoms with Crippen LogP contribution >= 0.6 is 0 Å². The molecule has 7 nitrogen and oxygen atoms in total. The molecule has 3 rings (SSSR count). The first-order valence-electron chi connectivity index (χ1n) is 7.91. The highest BCUT2D eigenvalue weighted by Gasteiger charge is 2.60. The molecule has 0 aromatic rings. The van der Waals surface area contributed by atoms with Crippen molar-refractivity contribution in [3.05, 3.63) is 12.7 Å². The van der Waals surface area contributed by atoms with Gasteiger partial charge in [0.05, 0.1) is 22.8 Å². The van der Waals surface area contributed by atoms with Crippen LogP contribution in [0.5, 0.6) is 0 Å². The summed E-state index contributed by atoms with van der Waals surface area (Å²) >= 11 is 0. The van der Waals surface area contributed by atoms with E-state index in [1.165, 1.54) is 0 Å². The second-order valence-corrected chi connectivity index (χ2v) is 8.83. The first kappa shape index (κ1) is 16.6. The van der Waals surface area contributed by atoms with Gasteiger partial charge in [-0.3, -0.25) is 14.3 Å². The molecule has 0 aromatic heterocycles. The van der Waals surface area contributed by atoms with E-state index in [9.17, 15) is 23.1 Å². The standard InChI is InChI=1S/C15H22N2O5S/c1-2-9-6-15(9,7-13(19)12-5-10(18)8-16-12)14(20)17-23(21,22)11-3-4-11/h2,9-12,16,18H,1,3-8H2,(H,17,20)/t9?,10-,12+,15-/m1/s1. The number of rotatable bonds is 7. The molecular formula is C15H22N2O5S. The minimum Gasteiger partial charge on any atom is -0.392 e. The van der Waals surface area contributed by atoms with E-state index in [4.69, 9.17) is 0 Å². The number of allylic oxidation sites excluding steroid dienone is 1. The third-order valence-electron chi connectivity index (χ3n) is 5.05. The Labute approximate surface area is 135 Å². The number of hydrogen-bond acceptors (Lipinski definition) is 6. The normalized spacial score (nSPS) is 36.5. The lowest BCUT2D eigenvalue weighted by Crippen LogP contribution is -2.42. The Morgan fingerprint density at radius 1 is 1.39 bits per heavy atom. The molecule has 1 unspecified atom stereocenters. The van der Waals surface area contributed by atoms with E-state index in [1.807, 2.05) is 0 Å². The molecule has 8 heteroatoms. The van der Waals surface area contributed by atoms with Crippen LogP contribution in [0, 0.1) is 11.3 Å². The molecule has 1 heterocycles.